The summed E-state index contributed by atoms with van der Waals surface area (Å²) in [5.41, 5.74) is 7.92. The summed E-state index contributed by atoms with van der Waals surface area (Å²) >= 11 is 0. The van der Waals surface area contributed by atoms with E-state index < -0.39 is 0 Å². The second kappa shape index (κ2) is 9.86. The number of methoxy groups -OCH3 is 1. The first-order chi connectivity index (χ1) is 17.4. The molecule has 0 saturated heterocycles. The van der Waals surface area contributed by atoms with E-state index in [1.54, 1.807) is 19.1 Å². The normalized spacial score (nSPS) is 12.9. The summed E-state index contributed by atoms with van der Waals surface area (Å²) in [6.07, 6.45) is 1.05. The minimum atomic E-state index is -0.0678. The molecule has 0 bridgehead atoms. The van der Waals surface area contributed by atoms with Crippen molar-refractivity contribution in [2.45, 2.75) is 20.3 Å². The Kier molecular flexibility index (Phi) is 6.47. The smallest absolute Gasteiger partial charge is 0.264 e. The molecule has 0 atom stereocenters. The van der Waals surface area contributed by atoms with Crippen LogP contribution in [0.15, 0.2) is 78.9 Å². The molecule has 5 heteroatoms. The lowest BCUT2D eigenvalue weighted by Crippen LogP contribution is -2.35. The zero-order chi connectivity index (χ0) is 25.2. The molecule has 0 radical (unpaired) electrons. The lowest BCUT2D eigenvalue weighted by Gasteiger charge is -2.26. The maximum Gasteiger partial charge on any atom is 0.264 e. The van der Waals surface area contributed by atoms with Crippen molar-refractivity contribution in [3.63, 3.8) is 0 Å². The van der Waals surface area contributed by atoms with Crippen LogP contribution in [0.25, 0.3) is 33.6 Å². The molecule has 5 rings (SSSR count). The van der Waals surface area contributed by atoms with E-state index in [0.717, 1.165) is 51.5 Å². The molecule has 5 nitrogen and oxygen atoms in total. The summed E-state index contributed by atoms with van der Waals surface area (Å²) in [5.74, 6) is 2.06. The predicted molar refractivity (Wildman–Crippen MR) is 145 cm³/mol. The maximum atomic E-state index is 12.2. The van der Waals surface area contributed by atoms with Crippen molar-refractivity contribution in [3.8, 4) is 45.1 Å². The van der Waals surface area contributed by atoms with Gasteiger partial charge in [-0.3, -0.25) is 4.79 Å². The third-order valence-corrected chi connectivity index (χ3v) is 6.48. The molecule has 1 aliphatic heterocycles. The van der Waals surface area contributed by atoms with E-state index in [1.165, 1.54) is 5.56 Å². The van der Waals surface area contributed by atoms with E-state index in [1.807, 2.05) is 30.3 Å². The van der Waals surface area contributed by atoms with Gasteiger partial charge in [-0.25, -0.2) is 4.98 Å². The largest absolute Gasteiger partial charge is 0.497 e. The van der Waals surface area contributed by atoms with Crippen molar-refractivity contribution in [2.24, 2.45) is 5.92 Å². The standard InChI is InChI=1S/C31H30N2O3/c1-20(2)15-21-5-7-23(8-6-21)27-16-25(22-9-12-26(35-4)13-10-22)17-28(32-27)24-11-14-30-29(18-24)33(3)31(34)19-36-30/h5-14,16-18,20H,15,19H2,1-4H3. The molecule has 0 saturated carbocycles. The highest BCUT2D eigenvalue weighted by Crippen LogP contribution is 2.37. The van der Waals surface area contributed by atoms with Crippen molar-refractivity contribution in [1.82, 2.24) is 4.98 Å². The van der Waals surface area contributed by atoms with Gasteiger partial charge in [-0.1, -0.05) is 50.2 Å². The Balaban J connectivity index is 1.61. The van der Waals surface area contributed by atoms with Gasteiger partial charge in [0.1, 0.15) is 11.5 Å². The zero-order valence-corrected chi connectivity index (χ0v) is 21.1. The van der Waals surface area contributed by atoms with Crippen LogP contribution in [0.4, 0.5) is 5.69 Å². The number of aromatic nitrogens is 1. The summed E-state index contributed by atoms with van der Waals surface area (Å²) in [6, 6.07) is 26.8. The fourth-order valence-electron chi connectivity index (χ4n) is 4.49. The Morgan fingerprint density at radius 1 is 0.861 bits per heavy atom. The van der Waals surface area contributed by atoms with E-state index in [9.17, 15) is 4.79 Å². The molecule has 0 unspecified atom stereocenters. The molecule has 1 aromatic heterocycles. The quantitative estimate of drug-likeness (QED) is 0.312. The number of rotatable bonds is 6. The van der Waals surface area contributed by atoms with E-state index in [0.29, 0.717) is 11.7 Å². The second-order valence-electron chi connectivity index (χ2n) is 9.57. The number of benzene rings is 3. The van der Waals surface area contributed by atoms with Gasteiger partial charge in [-0.2, -0.15) is 0 Å². The van der Waals surface area contributed by atoms with Crippen LogP contribution in [0.5, 0.6) is 11.5 Å². The van der Waals surface area contributed by atoms with Crippen LogP contribution < -0.4 is 14.4 Å². The number of nitrogens with zero attached hydrogens (tertiary/aromatic N) is 2. The number of likely N-dealkylation sites (N-methyl/N-ethyl adjacent to an activating group) is 1. The van der Waals surface area contributed by atoms with Crippen LogP contribution in [-0.2, 0) is 11.2 Å². The van der Waals surface area contributed by atoms with Gasteiger partial charge in [-0.15, -0.1) is 0 Å². The lowest BCUT2D eigenvalue weighted by atomic mass is 9.97. The number of anilines is 1. The van der Waals surface area contributed by atoms with Crippen molar-refractivity contribution < 1.29 is 14.3 Å². The molecule has 0 N–H and O–H groups in total. The molecule has 4 aromatic rings. The van der Waals surface area contributed by atoms with E-state index in [2.05, 4.69) is 62.4 Å². The Morgan fingerprint density at radius 3 is 2.17 bits per heavy atom. The average molecular weight is 479 g/mol. The van der Waals surface area contributed by atoms with Gasteiger partial charge in [0.15, 0.2) is 6.61 Å². The van der Waals surface area contributed by atoms with E-state index in [-0.39, 0.29) is 12.5 Å². The van der Waals surface area contributed by atoms with Crippen molar-refractivity contribution in [1.29, 1.82) is 0 Å². The number of ether oxygens (including phenoxy) is 2. The predicted octanol–water partition coefficient (Wildman–Crippen LogP) is 6.64. The van der Waals surface area contributed by atoms with Crippen molar-refractivity contribution >= 4 is 11.6 Å². The Bertz CT molecular complexity index is 1390. The number of pyridine rings is 1. The lowest BCUT2D eigenvalue weighted by molar-refractivity contribution is -0.120. The van der Waals surface area contributed by atoms with Crippen LogP contribution in [0.3, 0.4) is 0 Å². The number of fused-ring (bicyclic) bond motifs is 1. The molecular formula is C31H30N2O3. The summed E-state index contributed by atoms with van der Waals surface area (Å²) < 4.78 is 11.0. The van der Waals surface area contributed by atoms with E-state index in [4.69, 9.17) is 14.5 Å². The summed E-state index contributed by atoms with van der Waals surface area (Å²) in [7, 11) is 3.45. The first-order valence-electron chi connectivity index (χ1n) is 12.2. The van der Waals surface area contributed by atoms with Gasteiger partial charge in [0.05, 0.1) is 24.2 Å². The van der Waals surface area contributed by atoms with Gasteiger partial charge in [0.25, 0.3) is 5.91 Å². The molecule has 1 aliphatic rings. The Hall–Kier alpha value is -4.12. The highest BCUT2D eigenvalue weighted by molar-refractivity contribution is 5.98. The van der Waals surface area contributed by atoms with Crippen LogP contribution in [0.2, 0.25) is 0 Å². The number of hydrogen-bond donors (Lipinski definition) is 0. The molecular weight excluding hydrogens is 448 g/mol. The van der Waals surface area contributed by atoms with Crippen LogP contribution in [-0.4, -0.2) is 31.7 Å². The third-order valence-electron chi connectivity index (χ3n) is 6.48. The molecule has 36 heavy (non-hydrogen) atoms. The molecule has 2 heterocycles. The summed E-state index contributed by atoms with van der Waals surface area (Å²) in [6.45, 7) is 4.52. The minimum Gasteiger partial charge on any atom is -0.497 e. The van der Waals surface area contributed by atoms with Crippen LogP contribution >= 0.6 is 0 Å². The Morgan fingerprint density at radius 2 is 1.50 bits per heavy atom. The van der Waals surface area contributed by atoms with Gasteiger partial charge in [-0.05, 0) is 71.5 Å². The topological polar surface area (TPSA) is 51.7 Å². The van der Waals surface area contributed by atoms with E-state index >= 15 is 0 Å². The highest BCUT2D eigenvalue weighted by Gasteiger charge is 2.23. The number of carbonyl (C=O) groups is 1. The summed E-state index contributed by atoms with van der Waals surface area (Å²) in [4.78, 5) is 18.9. The zero-order valence-electron chi connectivity index (χ0n) is 21.1. The summed E-state index contributed by atoms with van der Waals surface area (Å²) in [5, 5.41) is 0. The van der Waals surface area contributed by atoms with Gasteiger partial charge in [0, 0.05) is 18.2 Å². The average Bonchev–Trinajstić information content (AvgIpc) is 2.90. The molecule has 3 aromatic carbocycles. The first-order valence-corrected chi connectivity index (χ1v) is 12.2. The first kappa shape index (κ1) is 23.6. The van der Waals surface area contributed by atoms with Crippen LogP contribution in [0, 0.1) is 5.92 Å². The molecule has 0 aliphatic carbocycles. The van der Waals surface area contributed by atoms with Crippen LogP contribution in [0.1, 0.15) is 19.4 Å². The number of hydrogen-bond acceptors (Lipinski definition) is 4. The number of amides is 1. The fourth-order valence-corrected chi connectivity index (χ4v) is 4.49. The van der Waals surface area contributed by atoms with Gasteiger partial charge in [0.2, 0.25) is 0 Å². The van der Waals surface area contributed by atoms with Crippen molar-refractivity contribution in [3.05, 3.63) is 84.4 Å². The minimum absolute atomic E-state index is 0.0605. The molecule has 1 amide bonds. The molecule has 0 spiro atoms. The third kappa shape index (κ3) is 4.82. The molecule has 0 fully saturated rings. The van der Waals surface area contributed by atoms with Crippen molar-refractivity contribution in [2.75, 3.05) is 25.7 Å². The fraction of sp³-hybridized carbons (Fsp3) is 0.226. The second-order valence-corrected chi connectivity index (χ2v) is 9.57. The van der Waals surface area contributed by atoms with Gasteiger partial charge >= 0.3 is 0 Å². The van der Waals surface area contributed by atoms with Gasteiger partial charge < -0.3 is 14.4 Å². The highest BCUT2D eigenvalue weighted by atomic mass is 16.5. The molecule has 182 valence electrons. The monoisotopic (exact) mass is 478 g/mol. The maximum absolute atomic E-state index is 12.2. The number of carbonyl (C=O) groups excluding carboxylic acids is 1. The SMILES string of the molecule is COc1ccc(-c2cc(-c3ccc(CC(C)C)cc3)nc(-c3ccc4c(c3)N(C)C(=O)CO4)c2)cc1. The Labute approximate surface area is 212 Å².